The Labute approximate surface area is 126 Å². The van der Waals surface area contributed by atoms with Crippen LogP contribution in [0, 0.1) is 12.7 Å². The Bertz CT molecular complexity index is 625. The van der Waals surface area contributed by atoms with Crippen LogP contribution in [0.1, 0.15) is 34.5 Å². The fourth-order valence-electron chi connectivity index (χ4n) is 1.89. The van der Waals surface area contributed by atoms with Crippen LogP contribution in [0.25, 0.3) is 0 Å². The molecular weight excluding hydrogens is 321 g/mol. The summed E-state index contributed by atoms with van der Waals surface area (Å²) in [4.78, 5) is 12.1. The van der Waals surface area contributed by atoms with E-state index in [0.717, 1.165) is 11.1 Å². The molecule has 0 aliphatic rings. The van der Waals surface area contributed by atoms with Gasteiger partial charge in [-0.15, -0.1) is 0 Å². The lowest BCUT2D eigenvalue weighted by Gasteiger charge is -2.15. The van der Waals surface area contributed by atoms with Crippen molar-refractivity contribution >= 4 is 21.8 Å². The summed E-state index contributed by atoms with van der Waals surface area (Å²) in [6.45, 7) is 3.88. The van der Waals surface area contributed by atoms with Crippen molar-refractivity contribution in [3.8, 4) is 0 Å². The lowest BCUT2D eigenvalue weighted by atomic mass is 10.1. The number of nitrogens with one attached hydrogen (secondary N) is 1. The van der Waals surface area contributed by atoms with Crippen molar-refractivity contribution in [3.05, 3.63) is 69.4 Å². The first-order valence-corrected chi connectivity index (χ1v) is 7.10. The highest BCUT2D eigenvalue weighted by Crippen LogP contribution is 2.20. The van der Waals surface area contributed by atoms with Crippen molar-refractivity contribution in [3.63, 3.8) is 0 Å². The second kappa shape index (κ2) is 6.18. The van der Waals surface area contributed by atoms with E-state index in [1.165, 1.54) is 6.07 Å². The molecule has 1 amide bonds. The molecule has 1 atom stereocenters. The van der Waals surface area contributed by atoms with Crippen LogP contribution in [0.3, 0.4) is 0 Å². The Morgan fingerprint density at radius 2 is 1.85 bits per heavy atom. The molecule has 0 heterocycles. The molecule has 0 bridgehead atoms. The van der Waals surface area contributed by atoms with Crippen LogP contribution in [-0.2, 0) is 0 Å². The number of rotatable bonds is 3. The number of benzene rings is 2. The SMILES string of the molecule is Cc1ccc(C(C)NC(=O)c2cccc(Br)c2F)cc1. The summed E-state index contributed by atoms with van der Waals surface area (Å²) in [5, 5.41) is 2.80. The second-order valence-electron chi connectivity index (χ2n) is 4.71. The van der Waals surface area contributed by atoms with Crippen LogP contribution >= 0.6 is 15.9 Å². The molecule has 1 N–H and O–H groups in total. The molecular formula is C16H15BrFNO. The van der Waals surface area contributed by atoms with Gasteiger partial charge in [-0.3, -0.25) is 4.79 Å². The lowest BCUT2D eigenvalue weighted by Crippen LogP contribution is -2.27. The van der Waals surface area contributed by atoms with Gasteiger partial charge in [-0.25, -0.2) is 4.39 Å². The fourth-order valence-corrected chi connectivity index (χ4v) is 2.26. The van der Waals surface area contributed by atoms with Gasteiger partial charge >= 0.3 is 0 Å². The van der Waals surface area contributed by atoms with Crippen molar-refractivity contribution in [2.75, 3.05) is 0 Å². The van der Waals surface area contributed by atoms with Crippen molar-refractivity contribution in [1.82, 2.24) is 5.32 Å². The predicted molar refractivity (Wildman–Crippen MR) is 81.2 cm³/mol. The van der Waals surface area contributed by atoms with Crippen LogP contribution in [0.5, 0.6) is 0 Å². The van der Waals surface area contributed by atoms with Gasteiger partial charge in [0.2, 0.25) is 0 Å². The molecule has 1 unspecified atom stereocenters. The summed E-state index contributed by atoms with van der Waals surface area (Å²) in [6, 6.07) is 12.4. The van der Waals surface area contributed by atoms with E-state index in [4.69, 9.17) is 0 Å². The zero-order valence-electron chi connectivity index (χ0n) is 11.3. The van der Waals surface area contributed by atoms with Crippen molar-refractivity contribution in [2.45, 2.75) is 19.9 Å². The second-order valence-corrected chi connectivity index (χ2v) is 5.56. The molecule has 0 saturated heterocycles. The molecule has 0 spiro atoms. The molecule has 2 aromatic rings. The highest BCUT2D eigenvalue weighted by Gasteiger charge is 2.16. The Morgan fingerprint density at radius 1 is 1.20 bits per heavy atom. The van der Waals surface area contributed by atoms with Gasteiger partial charge in [-0.05, 0) is 47.5 Å². The standard InChI is InChI=1S/C16H15BrFNO/c1-10-6-8-12(9-7-10)11(2)19-16(20)13-4-3-5-14(17)15(13)18/h3-9,11H,1-2H3,(H,19,20). The third kappa shape index (κ3) is 3.25. The van der Waals surface area contributed by atoms with E-state index in [1.54, 1.807) is 12.1 Å². The van der Waals surface area contributed by atoms with E-state index in [-0.39, 0.29) is 16.1 Å². The lowest BCUT2D eigenvalue weighted by molar-refractivity contribution is 0.0935. The average molecular weight is 336 g/mol. The minimum atomic E-state index is -0.541. The van der Waals surface area contributed by atoms with Gasteiger partial charge in [0, 0.05) is 0 Å². The molecule has 0 aliphatic carbocycles. The van der Waals surface area contributed by atoms with Crippen LogP contribution < -0.4 is 5.32 Å². The van der Waals surface area contributed by atoms with Gasteiger partial charge in [0.05, 0.1) is 16.1 Å². The topological polar surface area (TPSA) is 29.1 Å². The molecule has 4 heteroatoms. The third-order valence-corrected chi connectivity index (χ3v) is 3.73. The monoisotopic (exact) mass is 335 g/mol. The summed E-state index contributed by atoms with van der Waals surface area (Å²) in [6.07, 6.45) is 0. The zero-order valence-corrected chi connectivity index (χ0v) is 12.9. The Balaban J connectivity index is 2.15. The molecule has 0 fully saturated rings. The van der Waals surface area contributed by atoms with Crippen molar-refractivity contribution in [1.29, 1.82) is 0 Å². The minimum Gasteiger partial charge on any atom is -0.345 e. The van der Waals surface area contributed by atoms with Crippen molar-refractivity contribution < 1.29 is 9.18 Å². The van der Waals surface area contributed by atoms with E-state index in [9.17, 15) is 9.18 Å². The highest BCUT2D eigenvalue weighted by atomic mass is 79.9. The maximum absolute atomic E-state index is 13.9. The van der Waals surface area contributed by atoms with Crippen LogP contribution in [0.15, 0.2) is 46.9 Å². The molecule has 0 saturated carbocycles. The summed E-state index contributed by atoms with van der Waals surface area (Å²) < 4.78 is 14.1. The van der Waals surface area contributed by atoms with Gasteiger partial charge in [0.25, 0.3) is 5.91 Å². The van der Waals surface area contributed by atoms with Gasteiger partial charge in [-0.2, -0.15) is 0 Å². The first kappa shape index (κ1) is 14.7. The first-order valence-electron chi connectivity index (χ1n) is 6.30. The Kier molecular flexibility index (Phi) is 4.55. The van der Waals surface area contributed by atoms with Crippen LogP contribution in [0.2, 0.25) is 0 Å². The number of carbonyl (C=O) groups is 1. The molecule has 2 aromatic carbocycles. The predicted octanol–water partition coefficient (Wildman–Crippen LogP) is 4.39. The maximum Gasteiger partial charge on any atom is 0.254 e. The van der Waals surface area contributed by atoms with Gasteiger partial charge in [-0.1, -0.05) is 35.9 Å². The van der Waals surface area contributed by atoms with Gasteiger partial charge < -0.3 is 5.32 Å². The van der Waals surface area contributed by atoms with E-state index in [0.29, 0.717) is 0 Å². The number of halogens is 2. The quantitative estimate of drug-likeness (QED) is 0.885. The highest BCUT2D eigenvalue weighted by molar-refractivity contribution is 9.10. The van der Waals surface area contributed by atoms with E-state index < -0.39 is 11.7 Å². The van der Waals surface area contributed by atoms with E-state index in [1.807, 2.05) is 38.1 Å². The maximum atomic E-state index is 13.9. The molecule has 2 rings (SSSR count). The summed E-state index contributed by atoms with van der Waals surface area (Å²) in [5.74, 6) is -0.960. The van der Waals surface area contributed by atoms with Crippen LogP contribution in [-0.4, -0.2) is 5.91 Å². The molecule has 0 aliphatic heterocycles. The summed E-state index contributed by atoms with van der Waals surface area (Å²) >= 11 is 3.08. The minimum absolute atomic E-state index is 0.0401. The Hall–Kier alpha value is -1.68. The fraction of sp³-hybridized carbons (Fsp3) is 0.188. The smallest absolute Gasteiger partial charge is 0.254 e. The molecule has 2 nitrogen and oxygen atoms in total. The molecule has 20 heavy (non-hydrogen) atoms. The van der Waals surface area contributed by atoms with Crippen molar-refractivity contribution in [2.24, 2.45) is 0 Å². The largest absolute Gasteiger partial charge is 0.345 e. The number of hydrogen-bond acceptors (Lipinski definition) is 1. The molecule has 0 radical (unpaired) electrons. The van der Waals surface area contributed by atoms with Gasteiger partial charge in [0.15, 0.2) is 0 Å². The first-order chi connectivity index (χ1) is 9.49. The number of amides is 1. The van der Waals surface area contributed by atoms with Crippen LogP contribution in [0.4, 0.5) is 4.39 Å². The normalized spacial score (nSPS) is 12.0. The molecule has 104 valence electrons. The summed E-state index contributed by atoms with van der Waals surface area (Å²) in [5.41, 5.74) is 2.18. The number of hydrogen-bond donors (Lipinski definition) is 1. The zero-order chi connectivity index (χ0) is 14.7. The Morgan fingerprint density at radius 3 is 2.50 bits per heavy atom. The van der Waals surface area contributed by atoms with Gasteiger partial charge in [0.1, 0.15) is 5.82 Å². The molecule has 0 aromatic heterocycles. The third-order valence-electron chi connectivity index (χ3n) is 3.12. The van der Waals surface area contributed by atoms with E-state index in [2.05, 4.69) is 21.2 Å². The summed E-state index contributed by atoms with van der Waals surface area (Å²) in [7, 11) is 0. The number of aryl methyl sites for hydroxylation is 1. The number of carbonyl (C=O) groups excluding carboxylic acids is 1. The average Bonchev–Trinajstić information content (AvgIpc) is 2.42. The van der Waals surface area contributed by atoms with E-state index >= 15 is 0 Å².